The van der Waals surface area contributed by atoms with E-state index in [1.165, 1.54) is 50.6 Å². The van der Waals surface area contributed by atoms with E-state index in [0.29, 0.717) is 43.5 Å². The third-order valence-corrected chi connectivity index (χ3v) is 20.2. The van der Waals surface area contributed by atoms with E-state index in [4.69, 9.17) is 58.2 Å². The summed E-state index contributed by atoms with van der Waals surface area (Å²) in [6, 6.07) is 15.4. The monoisotopic (exact) mass is 1600 g/mol. The fourth-order valence-corrected chi connectivity index (χ4v) is 15.5. The number of nitrogens with one attached hydrogen (secondary N) is 2. The number of benzene rings is 4. The highest BCUT2D eigenvalue weighted by atomic mass is 28.3. The van der Waals surface area contributed by atoms with Crippen LogP contribution in [0.25, 0.3) is 0 Å². The highest BCUT2D eigenvalue weighted by Crippen LogP contribution is 2.41. The van der Waals surface area contributed by atoms with E-state index in [0.717, 1.165) is 25.7 Å². The van der Waals surface area contributed by atoms with Crippen molar-refractivity contribution in [2.75, 3.05) is 77.3 Å². The topological polar surface area (TPSA) is 352 Å². The maximum absolute atomic E-state index is 14.9. The van der Waals surface area contributed by atoms with Gasteiger partial charge in [0.05, 0.1) is 86.3 Å². The SMILES string of the molecule is C=CCN(CC=C)[C@@H](CCC(N)=O)C(=O)C(=O)Oc1ccc(COC(=O)Nc2cc(C(=O)N3CCCC3C(O[Si](C)C)C(C)(C)C)c(OC)cc2OCCCCCOc2cc(OC)c(C(=O)N3CCC[C@H]3C(O[Si](C)C)C(C)(C)C)cc2NC(=O)OCc2ccc(OC(=O)C(=O)[C@H](CCC(N)=O)N(CC=C)CC=C)cc2)cc1. The number of rotatable bonds is 46. The van der Waals surface area contributed by atoms with Crippen molar-refractivity contribution in [2.45, 2.75) is 188 Å². The molecule has 6 amide bonds. The van der Waals surface area contributed by atoms with Gasteiger partial charge in [0.2, 0.25) is 29.9 Å². The van der Waals surface area contributed by atoms with Crippen molar-refractivity contribution >= 4 is 88.8 Å². The van der Waals surface area contributed by atoms with Crippen LogP contribution in [0.2, 0.25) is 26.2 Å². The lowest BCUT2D eigenvalue weighted by atomic mass is 9.83. The van der Waals surface area contributed by atoms with Crippen molar-refractivity contribution in [3.05, 3.63) is 146 Å². The van der Waals surface area contributed by atoms with E-state index >= 15 is 0 Å². The number of amides is 6. The molecule has 3 unspecified atom stereocenters. The lowest BCUT2D eigenvalue weighted by molar-refractivity contribution is -0.150. The summed E-state index contributed by atoms with van der Waals surface area (Å²) in [6.45, 7) is 37.2. The second kappa shape index (κ2) is 44.5. The molecule has 2 aliphatic heterocycles. The number of carbonyl (C=O) groups excluding carboxylic acids is 10. The third kappa shape index (κ3) is 27.7. The van der Waals surface area contributed by atoms with E-state index in [-0.39, 0.29) is 182 Å². The average Bonchev–Trinajstić information content (AvgIpc) is 1.50. The first-order valence-corrected chi connectivity index (χ1v) is 42.8. The second-order valence-corrected chi connectivity index (χ2v) is 34.3. The van der Waals surface area contributed by atoms with E-state index in [1.807, 2.05) is 9.80 Å². The fourth-order valence-electron chi connectivity index (χ4n) is 13.5. The average molecular weight is 1600 g/mol. The van der Waals surface area contributed by atoms with Gasteiger partial charge in [-0.2, -0.15) is 0 Å². The van der Waals surface area contributed by atoms with E-state index in [9.17, 15) is 47.9 Å². The van der Waals surface area contributed by atoms with Gasteiger partial charge in [-0.3, -0.25) is 49.2 Å². The molecule has 0 aliphatic carbocycles. The number of anilines is 2. The van der Waals surface area contributed by atoms with Crippen LogP contribution in [0.1, 0.15) is 144 Å². The second-order valence-electron chi connectivity index (χ2n) is 30.2. The van der Waals surface area contributed by atoms with E-state index in [1.54, 1.807) is 70.5 Å². The van der Waals surface area contributed by atoms with Crippen LogP contribution in [-0.2, 0) is 60.3 Å². The Bertz CT molecular complexity index is 3700. The minimum Gasteiger partial charge on any atom is -0.496 e. The molecule has 0 aromatic heterocycles. The molecule has 30 heteroatoms. The minimum absolute atomic E-state index is 0.0295. The van der Waals surface area contributed by atoms with Gasteiger partial charge in [0.1, 0.15) is 47.7 Å². The number of Topliss-reactive ketones (excluding diaryl/α,β-unsaturated/α-hetero) is 2. The molecule has 2 saturated heterocycles. The molecule has 6 rings (SSSR count). The number of ether oxygens (including phenoxy) is 8. The van der Waals surface area contributed by atoms with Crippen molar-refractivity contribution in [1.29, 1.82) is 0 Å². The molecule has 6 atom stereocenters. The molecule has 614 valence electrons. The maximum Gasteiger partial charge on any atom is 0.412 e. The van der Waals surface area contributed by atoms with Crippen molar-refractivity contribution < 1.29 is 94.7 Å². The van der Waals surface area contributed by atoms with Gasteiger partial charge in [0.25, 0.3) is 23.4 Å². The standard InChI is InChI=1S/C83H114N8O20Si2/c1-17-40-88(41-18-2)62(36-38-70(84)92)72(94)78(98)108-56-32-28-54(29-33-56)52-106-80(100)86-60-48-58(76(96)90-44-24-26-64(90)74(82(5,6)7)110-112(13)14)66(102-11)50-68(60)104-46-22-21-23-47-105-69-51-67(103-12)59(77(97)91-45-25-27-65(91)75(83(8,9)10)111-113(15)16)49-61(69)87-81(101)107-53-55-30-34-57(35-31-55)109-79(99)73(95)63(37-39-71(85)93)89(42-19-3)43-20-4/h17-20,28-35,48-51,62-65,74-75H,1-4,21-27,36-47,52-53H2,5-16H3,(H2,84,92)(H2,85,93)(H,86,100)(H,87,101)/t62-,63-,64-,65?,74?,75?/m0/s1. The van der Waals surface area contributed by atoms with Gasteiger partial charge in [-0.1, -0.05) is 90.1 Å². The van der Waals surface area contributed by atoms with Crippen LogP contribution >= 0.6 is 0 Å². The van der Waals surface area contributed by atoms with Crippen LogP contribution in [-0.4, -0.2) is 200 Å². The first kappa shape index (κ1) is 91.9. The smallest absolute Gasteiger partial charge is 0.412 e. The molecular formula is C83H114N8O20Si2. The summed E-state index contributed by atoms with van der Waals surface area (Å²) < 4.78 is 60.1. The van der Waals surface area contributed by atoms with E-state index in [2.05, 4.69) is 105 Å². The Hall–Kier alpha value is -9.99. The summed E-state index contributed by atoms with van der Waals surface area (Å²) in [6.07, 6.45) is 7.86. The molecule has 28 nitrogen and oxygen atoms in total. The molecule has 4 aromatic rings. The Balaban J connectivity index is 1.20. The number of nitrogens with two attached hydrogens (primary N) is 2. The van der Waals surface area contributed by atoms with E-state index < -0.39 is 77.7 Å². The highest BCUT2D eigenvalue weighted by molar-refractivity contribution is 6.48. The van der Waals surface area contributed by atoms with Crippen LogP contribution < -0.4 is 50.5 Å². The molecule has 2 fully saturated rings. The quantitative estimate of drug-likeness (QED) is 0.00797. The predicted molar refractivity (Wildman–Crippen MR) is 433 cm³/mol. The van der Waals surface area contributed by atoms with Gasteiger partial charge in [-0.05, 0) is 142 Å². The van der Waals surface area contributed by atoms with Crippen LogP contribution in [0, 0.1) is 10.8 Å². The van der Waals surface area contributed by atoms with Crippen molar-refractivity contribution in [2.24, 2.45) is 22.3 Å². The lowest BCUT2D eigenvalue weighted by Gasteiger charge is -2.40. The van der Waals surface area contributed by atoms with Crippen LogP contribution in [0.3, 0.4) is 0 Å². The Labute approximate surface area is 667 Å². The number of methoxy groups -OCH3 is 2. The van der Waals surface area contributed by atoms with Gasteiger partial charge in [-0.25, -0.2) is 19.2 Å². The summed E-state index contributed by atoms with van der Waals surface area (Å²) in [7, 11) is 0.514. The van der Waals surface area contributed by atoms with Gasteiger partial charge in [0.15, 0.2) is 0 Å². The fraction of sp³-hybridized carbons (Fsp3) is 0.494. The molecule has 113 heavy (non-hydrogen) atoms. The predicted octanol–water partition coefficient (Wildman–Crippen LogP) is 12.0. The van der Waals surface area contributed by atoms with Gasteiger partial charge in [0, 0.05) is 64.2 Å². The first-order valence-electron chi connectivity index (χ1n) is 38.0. The van der Waals surface area contributed by atoms with Crippen molar-refractivity contribution in [1.82, 2.24) is 19.6 Å². The number of hydrogen-bond donors (Lipinski definition) is 4. The van der Waals surface area contributed by atoms with Crippen LogP contribution in [0.15, 0.2) is 123 Å². The maximum atomic E-state index is 14.9. The number of unbranched alkanes of at least 4 members (excludes halogenated alkanes) is 2. The zero-order chi connectivity index (χ0) is 83.3. The number of esters is 2. The zero-order valence-electron chi connectivity index (χ0n) is 67.5. The molecule has 2 heterocycles. The third-order valence-electron chi connectivity index (χ3n) is 18.8. The van der Waals surface area contributed by atoms with Crippen LogP contribution in [0.5, 0.6) is 34.5 Å². The Morgan fingerprint density at radius 2 is 0.867 bits per heavy atom. The van der Waals surface area contributed by atoms with Gasteiger partial charge < -0.3 is 68.0 Å². The van der Waals surface area contributed by atoms with Gasteiger partial charge >= 0.3 is 24.1 Å². The Morgan fingerprint density at radius 3 is 1.17 bits per heavy atom. The van der Waals surface area contributed by atoms with Crippen molar-refractivity contribution in [3.8, 4) is 34.5 Å². The zero-order valence-corrected chi connectivity index (χ0v) is 69.5. The summed E-state index contributed by atoms with van der Waals surface area (Å²) >= 11 is 0. The Kier molecular flexibility index (Phi) is 36.2. The Morgan fingerprint density at radius 1 is 0.522 bits per heavy atom. The number of carbonyl (C=O) groups is 10. The number of likely N-dealkylation sites (tertiary alicyclic amines) is 2. The molecule has 0 saturated carbocycles. The molecular weight excluding hydrogens is 1490 g/mol. The lowest BCUT2D eigenvalue weighted by Crippen LogP contribution is -2.50. The molecule has 2 radical (unpaired) electrons. The summed E-state index contributed by atoms with van der Waals surface area (Å²) in [5.74, 6) is -5.27. The number of hydrogen-bond acceptors (Lipinski definition) is 22. The molecule has 6 N–H and O–H groups in total. The number of nitrogens with zero attached hydrogens (tertiary/aromatic N) is 4. The van der Waals surface area contributed by atoms with Gasteiger partial charge in [-0.15, -0.1) is 26.3 Å². The normalized spacial score (nSPS) is 15.3. The number of primary amides is 2. The van der Waals surface area contributed by atoms with Crippen LogP contribution in [0.4, 0.5) is 21.0 Å². The molecule has 2 aliphatic rings. The number of ketones is 2. The largest absolute Gasteiger partial charge is 0.496 e. The molecule has 4 aromatic carbocycles. The summed E-state index contributed by atoms with van der Waals surface area (Å²) in [5.41, 5.74) is 11.7. The summed E-state index contributed by atoms with van der Waals surface area (Å²) in [5, 5.41) is 5.56. The highest BCUT2D eigenvalue weighted by Gasteiger charge is 2.45. The molecule has 0 spiro atoms. The molecule has 0 bridgehead atoms. The summed E-state index contributed by atoms with van der Waals surface area (Å²) in [4.78, 5) is 141. The minimum atomic E-state index is -1.18. The van der Waals surface area contributed by atoms with Crippen molar-refractivity contribution in [3.63, 3.8) is 0 Å². The first-order chi connectivity index (χ1) is 53.7.